The van der Waals surface area contributed by atoms with Gasteiger partial charge in [0.25, 0.3) is 8.32 Å². The molecule has 3 atom stereocenters. The summed E-state index contributed by atoms with van der Waals surface area (Å²) in [6, 6.07) is 21.6. The summed E-state index contributed by atoms with van der Waals surface area (Å²) < 4.78 is 18.0. The van der Waals surface area contributed by atoms with Gasteiger partial charge in [0.15, 0.2) is 0 Å². The van der Waals surface area contributed by atoms with Gasteiger partial charge in [-0.05, 0) is 54.1 Å². The van der Waals surface area contributed by atoms with Gasteiger partial charge in [0.1, 0.15) is 13.1 Å². The zero-order valence-corrected chi connectivity index (χ0v) is 23.6. The average molecular weight is 497 g/mol. The van der Waals surface area contributed by atoms with E-state index in [-0.39, 0.29) is 30.0 Å². The summed E-state index contributed by atoms with van der Waals surface area (Å²) >= 11 is 0. The van der Waals surface area contributed by atoms with Crippen molar-refractivity contribution in [3.63, 3.8) is 0 Å². The van der Waals surface area contributed by atoms with Gasteiger partial charge in [-0.15, -0.1) is 0 Å². The predicted octanol–water partition coefficient (Wildman–Crippen LogP) is 5.89. The van der Waals surface area contributed by atoms with Gasteiger partial charge in [0.2, 0.25) is 0 Å². The molecule has 0 heterocycles. The highest BCUT2D eigenvalue weighted by molar-refractivity contribution is 6.99. The highest BCUT2D eigenvalue weighted by atomic mass is 28.4. The summed E-state index contributed by atoms with van der Waals surface area (Å²) in [6.45, 7) is 13.2. The SMILES string of the molecule is COCO[C@@H](/C(C)=C/CCC[C@@H](C)O[Si](c1ccccc1)(c1ccccc1)C(C)(C)C)[C@@H](C)C=O. The highest BCUT2D eigenvalue weighted by Crippen LogP contribution is 2.38. The van der Waals surface area contributed by atoms with Crippen molar-refractivity contribution in [2.45, 2.75) is 78.1 Å². The monoisotopic (exact) mass is 496 g/mol. The van der Waals surface area contributed by atoms with Crippen LogP contribution < -0.4 is 10.4 Å². The van der Waals surface area contributed by atoms with E-state index in [2.05, 4.69) is 94.4 Å². The number of unbranched alkanes of at least 4 members (excludes halogenated alkanes) is 1. The Labute approximate surface area is 213 Å². The van der Waals surface area contributed by atoms with Crippen LogP contribution in [0.15, 0.2) is 72.3 Å². The number of allylic oxidation sites excluding steroid dienone is 1. The molecule has 0 aliphatic carbocycles. The molecule has 0 unspecified atom stereocenters. The van der Waals surface area contributed by atoms with Gasteiger partial charge in [-0.3, -0.25) is 0 Å². The third kappa shape index (κ3) is 7.71. The van der Waals surface area contributed by atoms with Crippen LogP contribution in [0.5, 0.6) is 0 Å². The summed E-state index contributed by atoms with van der Waals surface area (Å²) in [5, 5.41) is 2.58. The minimum Gasteiger partial charge on any atom is -0.405 e. The van der Waals surface area contributed by atoms with E-state index >= 15 is 0 Å². The van der Waals surface area contributed by atoms with Crippen molar-refractivity contribution >= 4 is 25.0 Å². The first kappa shape index (κ1) is 29.2. The van der Waals surface area contributed by atoms with Crippen LogP contribution in [0.25, 0.3) is 0 Å². The molecule has 5 heteroatoms. The molecule has 0 saturated carbocycles. The Morgan fingerprint density at radius 2 is 1.51 bits per heavy atom. The number of methoxy groups -OCH3 is 1. The molecule has 2 aromatic rings. The Morgan fingerprint density at radius 1 is 0.971 bits per heavy atom. The molecule has 35 heavy (non-hydrogen) atoms. The molecule has 192 valence electrons. The lowest BCUT2D eigenvalue weighted by molar-refractivity contribution is -0.119. The van der Waals surface area contributed by atoms with Crippen LogP contribution in [-0.2, 0) is 18.7 Å². The van der Waals surface area contributed by atoms with E-state index in [9.17, 15) is 4.79 Å². The average Bonchev–Trinajstić information content (AvgIpc) is 2.85. The summed E-state index contributed by atoms with van der Waals surface area (Å²) in [6.07, 6.45) is 5.87. The van der Waals surface area contributed by atoms with Gasteiger partial charge in [0.05, 0.1) is 6.10 Å². The third-order valence-electron chi connectivity index (χ3n) is 6.58. The third-order valence-corrected chi connectivity index (χ3v) is 11.7. The number of benzene rings is 2. The zero-order chi connectivity index (χ0) is 25.9. The fourth-order valence-corrected chi connectivity index (χ4v) is 9.55. The summed E-state index contributed by atoms with van der Waals surface area (Å²) in [5.74, 6) is -0.209. The standard InChI is InChI=1S/C30H44O4Si/c1-24(29(25(2)22-31)33-23-32-7)16-14-15-17-26(3)34-35(30(4,5)6,27-18-10-8-11-19-27)28-20-12-9-13-21-28/h8-13,16,18-22,25-26,29H,14-15,17,23H2,1-7H3/b24-16+/t25-,26+,29-/m0/s1. The zero-order valence-electron chi connectivity index (χ0n) is 22.6. The van der Waals surface area contributed by atoms with E-state index in [0.29, 0.717) is 0 Å². The van der Waals surface area contributed by atoms with Crippen LogP contribution in [-0.4, -0.2) is 40.7 Å². The van der Waals surface area contributed by atoms with Crippen LogP contribution in [0.4, 0.5) is 0 Å². The molecule has 0 saturated heterocycles. The highest BCUT2D eigenvalue weighted by Gasteiger charge is 2.50. The molecular weight excluding hydrogens is 452 g/mol. The van der Waals surface area contributed by atoms with E-state index in [1.54, 1.807) is 7.11 Å². The number of aldehydes is 1. The predicted molar refractivity (Wildman–Crippen MR) is 148 cm³/mol. The van der Waals surface area contributed by atoms with Gasteiger partial charge < -0.3 is 18.7 Å². The number of carbonyl (C=O) groups excluding carboxylic acids is 1. The maximum absolute atomic E-state index is 11.3. The summed E-state index contributed by atoms with van der Waals surface area (Å²) in [5.41, 5.74) is 1.07. The molecular formula is C30H44O4Si. The normalized spacial score (nSPS) is 15.5. The largest absolute Gasteiger partial charge is 0.405 e. The van der Waals surface area contributed by atoms with Gasteiger partial charge in [-0.1, -0.05) is 94.4 Å². The first-order valence-corrected chi connectivity index (χ1v) is 14.6. The lowest BCUT2D eigenvalue weighted by Crippen LogP contribution is -2.67. The first-order chi connectivity index (χ1) is 16.7. The molecule has 0 fully saturated rings. The Morgan fingerprint density at radius 3 is 1.97 bits per heavy atom. The minimum absolute atomic E-state index is 0.0304. The molecule has 2 rings (SSSR count). The summed E-state index contributed by atoms with van der Waals surface area (Å²) in [4.78, 5) is 11.3. The smallest absolute Gasteiger partial charge is 0.261 e. The van der Waals surface area contributed by atoms with Gasteiger partial charge >= 0.3 is 0 Å². The topological polar surface area (TPSA) is 44.8 Å². The number of hydrogen-bond acceptors (Lipinski definition) is 4. The fraction of sp³-hybridized carbons (Fsp3) is 0.500. The maximum Gasteiger partial charge on any atom is 0.261 e. The minimum atomic E-state index is -2.54. The molecule has 0 aromatic heterocycles. The number of carbonyl (C=O) groups is 1. The second-order valence-corrected chi connectivity index (χ2v) is 14.7. The molecule has 4 nitrogen and oxygen atoms in total. The van der Waals surface area contributed by atoms with E-state index in [1.807, 2.05) is 13.8 Å². The Bertz CT molecular complexity index is 865. The second-order valence-electron chi connectivity index (χ2n) is 10.5. The lowest BCUT2D eigenvalue weighted by atomic mass is 9.98. The molecule has 0 bridgehead atoms. The maximum atomic E-state index is 11.3. The van der Waals surface area contributed by atoms with Crippen molar-refractivity contribution in [2.24, 2.45) is 5.92 Å². The first-order valence-electron chi connectivity index (χ1n) is 12.7. The van der Waals surface area contributed by atoms with Crippen molar-refractivity contribution in [2.75, 3.05) is 13.9 Å². The van der Waals surface area contributed by atoms with E-state index in [1.165, 1.54) is 10.4 Å². The molecule has 0 spiro atoms. The van der Waals surface area contributed by atoms with E-state index in [4.69, 9.17) is 13.9 Å². The quantitative estimate of drug-likeness (QED) is 0.108. The van der Waals surface area contributed by atoms with Crippen LogP contribution >= 0.6 is 0 Å². The van der Waals surface area contributed by atoms with Crippen molar-refractivity contribution in [3.05, 3.63) is 72.3 Å². The second kappa shape index (κ2) is 13.9. The molecule has 2 aromatic carbocycles. The molecule has 0 aliphatic rings. The fourth-order valence-electron chi connectivity index (χ4n) is 4.81. The molecule has 0 N–H and O–H groups in total. The van der Waals surface area contributed by atoms with Crippen molar-refractivity contribution in [1.82, 2.24) is 0 Å². The number of rotatable bonds is 14. The molecule has 0 radical (unpaired) electrons. The van der Waals surface area contributed by atoms with Gasteiger partial charge in [-0.25, -0.2) is 0 Å². The Kier molecular flexibility index (Phi) is 11.6. The van der Waals surface area contributed by atoms with E-state index < -0.39 is 8.32 Å². The van der Waals surface area contributed by atoms with Gasteiger partial charge in [0, 0.05) is 19.1 Å². The van der Waals surface area contributed by atoms with Crippen LogP contribution in [0.3, 0.4) is 0 Å². The van der Waals surface area contributed by atoms with Crippen LogP contribution in [0, 0.1) is 5.92 Å². The Hall–Kier alpha value is -2.05. The van der Waals surface area contributed by atoms with Crippen molar-refractivity contribution < 1.29 is 18.7 Å². The summed E-state index contributed by atoms with van der Waals surface area (Å²) in [7, 11) is -0.943. The molecule has 0 aliphatic heterocycles. The van der Waals surface area contributed by atoms with Crippen molar-refractivity contribution in [1.29, 1.82) is 0 Å². The van der Waals surface area contributed by atoms with Gasteiger partial charge in [-0.2, -0.15) is 0 Å². The molecule has 0 amide bonds. The number of ether oxygens (including phenoxy) is 2. The van der Waals surface area contributed by atoms with E-state index in [0.717, 1.165) is 31.1 Å². The number of hydrogen-bond donors (Lipinski definition) is 0. The lowest BCUT2D eigenvalue weighted by Gasteiger charge is -2.44. The van der Waals surface area contributed by atoms with Crippen LogP contribution in [0.1, 0.15) is 60.8 Å². The Balaban J connectivity index is 2.18. The van der Waals surface area contributed by atoms with Crippen molar-refractivity contribution in [3.8, 4) is 0 Å². The van der Waals surface area contributed by atoms with Crippen LogP contribution in [0.2, 0.25) is 5.04 Å².